The third-order valence-corrected chi connectivity index (χ3v) is 0. The molecule has 7 heteroatoms. The molecule has 0 aromatic heterocycles. The molecule has 3 nitrogen and oxygen atoms in total. The van der Waals surface area contributed by atoms with Crippen LogP contribution in [0.2, 0.25) is 0 Å². The summed E-state index contributed by atoms with van der Waals surface area (Å²) in [6.45, 7) is 0. The Bertz CT molecular complexity index is 61.1. The first-order valence-corrected chi connectivity index (χ1v) is 2.25. The van der Waals surface area contributed by atoms with Crippen LogP contribution < -0.4 is 0 Å². The van der Waals surface area contributed by atoms with Crippen LogP contribution in [-0.2, 0) is 21.6 Å². The van der Waals surface area contributed by atoms with Gasteiger partial charge in [0.05, 0.1) is 0 Å². The molecule has 0 saturated heterocycles. The van der Waals surface area contributed by atoms with Crippen molar-refractivity contribution < 1.29 is 35.6 Å². The van der Waals surface area contributed by atoms with Gasteiger partial charge >= 0.3 is 26.8 Å². The van der Waals surface area contributed by atoms with Gasteiger partial charge in [-0.25, -0.2) is 4.57 Å². The maximum absolute atomic E-state index is 10.4. The SMILES string of the molecule is O=P(O)(O)F.[LiH].[Mn]. The summed E-state index contributed by atoms with van der Waals surface area (Å²) in [5.41, 5.74) is 0. The summed E-state index contributed by atoms with van der Waals surface area (Å²) in [4.78, 5) is 13.9. The number of hydrogen-bond acceptors (Lipinski definition) is 1. The van der Waals surface area contributed by atoms with Gasteiger partial charge in [-0.05, 0) is 0 Å². The maximum atomic E-state index is 10.4. The van der Waals surface area contributed by atoms with E-state index >= 15 is 0 Å². The Morgan fingerprint density at radius 1 is 1.43 bits per heavy atom. The molecular formula is H3FLiMnO3P. The number of halogens is 1. The van der Waals surface area contributed by atoms with Gasteiger partial charge in [0.1, 0.15) is 0 Å². The fourth-order valence-electron chi connectivity index (χ4n) is 0. The van der Waals surface area contributed by atoms with Gasteiger partial charge in [0.15, 0.2) is 0 Å². The van der Waals surface area contributed by atoms with Crippen LogP contribution in [0.1, 0.15) is 0 Å². The molecule has 0 spiro atoms. The molecule has 0 aromatic carbocycles. The van der Waals surface area contributed by atoms with Crippen LogP contribution in [0.4, 0.5) is 4.20 Å². The molecular weight excluding hydrogens is 160 g/mol. The topological polar surface area (TPSA) is 57.5 Å². The Labute approximate surface area is 62.6 Å². The van der Waals surface area contributed by atoms with Gasteiger partial charge in [-0.3, -0.25) is 9.79 Å². The number of hydrogen-bond donors (Lipinski definition) is 2. The van der Waals surface area contributed by atoms with E-state index in [0.717, 1.165) is 0 Å². The van der Waals surface area contributed by atoms with Gasteiger partial charge in [-0.15, -0.1) is 4.20 Å². The van der Waals surface area contributed by atoms with Gasteiger partial charge in [-0.2, -0.15) is 0 Å². The van der Waals surface area contributed by atoms with Crippen LogP contribution in [0, 0.1) is 0 Å². The van der Waals surface area contributed by atoms with E-state index in [9.17, 15) is 4.20 Å². The van der Waals surface area contributed by atoms with E-state index in [1.807, 2.05) is 0 Å². The van der Waals surface area contributed by atoms with Crippen LogP contribution in [0.3, 0.4) is 0 Å². The van der Waals surface area contributed by atoms with Crippen molar-refractivity contribution in [2.45, 2.75) is 0 Å². The normalized spacial score (nSPS) is 8.43. The molecule has 0 aliphatic rings. The van der Waals surface area contributed by atoms with Crippen molar-refractivity contribution in [3.05, 3.63) is 0 Å². The zero-order valence-electron chi connectivity index (χ0n) is 2.51. The second-order valence-corrected chi connectivity index (χ2v) is 1.42. The summed E-state index contributed by atoms with van der Waals surface area (Å²) in [6, 6.07) is 0. The second kappa shape index (κ2) is 5.34. The zero-order chi connectivity index (χ0) is 4.50. The van der Waals surface area contributed by atoms with E-state index in [-0.39, 0.29) is 35.9 Å². The van der Waals surface area contributed by atoms with Crippen molar-refractivity contribution in [2.75, 3.05) is 0 Å². The molecule has 7 heavy (non-hydrogen) atoms. The van der Waals surface area contributed by atoms with Crippen molar-refractivity contribution in [2.24, 2.45) is 0 Å². The summed E-state index contributed by atoms with van der Waals surface area (Å²) in [5, 5.41) is 0. The summed E-state index contributed by atoms with van der Waals surface area (Å²) >= 11 is 0. The van der Waals surface area contributed by atoms with E-state index in [4.69, 9.17) is 14.4 Å². The van der Waals surface area contributed by atoms with Gasteiger partial charge < -0.3 is 0 Å². The maximum Gasteiger partial charge on any atom is 0 e. The minimum Gasteiger partial charge on any atom is 0 e. The van der Waals surface area contributed by atoms with Crippen LogP contribution in [0.5, 0.6) is 0 Å². The van der Waals surface area contributed by atoms with Crippen molar-refractivity contribution in [1.82, 2.24) is 0 Å². The first kappa shape index (κ1) is 15.7. The molecule has 0 unspecified atom stereocenters. The van der Waals surface area contributed by atoms with E-state index in [1.54, 1.807) is 0 Å². The van der Waals surface area contributed by atoms with E-state index < -0.39 is 7.91 Å². The molecule has 0 atom stereocenters. The van der Waals surface area contributed by atoms with Crippen LogP contribution in [-0.4, -0.2) is 28.6 Å². The van der Waals surface area contributed by atoms with E-state index in [0.29, 0.717) is 0 Å². The Morgan fingerprint density at radius 2 is 1.43 bits per heavy atom. The molecule has 0 fully saturated rings. The van der Waals surface area contributed by atoms with Gasteiger partial charge in [0.25, 0.3) is 0 Å². The summed E-state index contributed by atoms with van der Waals surface area (Å²) in [7, 11) is -5.14. The third-order valence-electron chi connectivity index (χ3n) is 0. The molecule has 0 amide bonds. The Morgan fingerprint density at radius 3 is 1.43 bits per heavy atom. The Kier molecular flexibility index (Phi) is 12.0. The molecule has 0 bridgehead atoms. The van der Waals surface area contributed by atoms with E-state index in [2.05, 4.69) is 0 Å². The first-order valence-electron chi connectivity index (χ1n) is 0.752. The van der Waals surface area contributed by atoms with Crippen molar-refractivity contribution in [1.29, 1.82) is 0 Å². The molecule has 2 N–H and O–H groups in total. The second-order valence-electron chi connectivity index (χ2n) is 0.473. The molecule has 0 rings (SSSR count). The summed E-state index contributed by atoms with van der Waals surface area (Å²) in [6.07, 6.45) is 0. The minimum absolute atomic E-state index is 0. The fraction of sp³-hybridized carbons (Fsp3) is 0. The van der Waals surface area contributed by atoms with Crippen molar-refractivity contribution in [3.63, 3.8) is 0 Å². The predicted molar refractivity (Wildman–Crippen MR) is 20.3 cm³/mol. The molecule has 0 saturated carbocycles. The van der Waals surface area contributed by atoms with Crippen molar-refractivity contribution >= 4 is 26.8 Å². The average molecular weight is 163 g/mol. The quantitative estimate of drug-likeness (QED) is 0.370. The molecule has 0 aliphatic carbocycles. The molecule has 0 heterocycles. The average Bonchev–Trinajstić information content (AvgIpc) is 0.722. The van der Waals surface area contributed by atoms with Crippen LogP contribution in [0.25, 0.3) is 0 Å². The largest absolute Gasteiger partial charge is 0 e. The first-order chi connectivity index (χ1) is 2.00. The Hall–Kier alpha value is 1.20. The molecule has 1 radical (unpaired) electrons. The predicted octanol–water partition coefficient (Wildman–Crippen LogP) is -0.602. The molecule has 41 valence electrons. The van der Waals surface area contributed by atoms with Gasteiger partial charge in [-0.1, -0.05) is 0 Å². The van der Waals surface area contributed by atoms with Crippen molar-refractivity contribution in [3.8, 4) is 0 Å². The third kappa shape index (κ3) is 136. The minimum atomic E-state index is -5.14. The summed E-state index contributed by atoms with van der Waals surface area (Å²) < 4.78 is 19.0. The van der Waals surface area contributed by atoms with E-state index in [1.165, 1.54) is 0 Å². The zero-order valence-corrected chi connectivity index (χ0v) is 4.58. The monoisotopic (exact) mass is 163 g/mol. The smallest absolute Gasteiger partial charge is 0 e. The van der Waals surface area contributed by atoms with Gasteiger partial charge in [0.2, 0.25) is 0 Å². The fourth-order valence-corrected chi connectivity index (χ4v) is 0. The van der Waals surface area contributed by atoms with Crippen LogP contribution >= 0.6 is 7.91 Å². The molecule has 0 aromatic rings. The van der Waals surface area contributed by atoms with Crippen LogP contribution in [0.15, 0.2) is 0 Å². The number of rotatable bonds is 0. The molecule has 0 aliphatic heterocycles. The summed E-state index contributed by atoms with van der Waals surface area (Å²) in [5.74, 6) is 0. The Balaban J connectivity index is -0.0000000800. The van der Waals surface area contributed by atoms with Gasteiger partial charge in [0, 0.05) is 17.1 Å². The standard InChI is InChI=1S/FH2O3P.Li.Mn.H/c1-5(2,3)4;;;/h(H2,2,3,4);;;.